The molecule has 0 aromatic heterocycles. The number of aliphatic hydroxyl groups is 1. The summed E-state index contributed by atoms with van der Waals surface area (Å²) in [4.78, 5) is 1.52. The second kappa shape index (κ2) is 6.99. The molecular formula is C15H22F2N2O. The van der Waals surface area contributed by atoms with E-state index < -0.39 is 6.43 Å². The van der Waals surface area contributed by atoms with Gasteiger partial charge in [0.2, 0.25) is 0 Å². The molecule has 0 atom stereocenters. The van der Waals surface area contributed by atoms with Crippen molar-refractivity contribution in [1.82, 2.24) is 5.32 Å². The van der Waals surface area contributed by atoms with Crippen molar-refractivity contribution in [2.45, 2.75) is 38.8 Å². The Morgan fingerprint density at radius 2 is 2.15 bits per heavy atom. The van der Waals surface area contributed by atoms with Gasteiger partial charge in [0, 0.05) is 24.8 Å². The van der Waals surface area contributed by atoms with E-state index in [-0.39, 0.29) is 19.7 Å². The van der Waals surface area contributed by atoms with Gasteiger partial charge in [-0.05, 0) is 43.0 Å². The molecule has 0 spiro atoms. The van der Waals surface area contributed by atoms with E-state index in [2.05, 4.69) is 5.32 Å². The molecule has 2 rings (SSSR count). The average Bonchev–Trinajstić information content (AvgIpc) is 3.20. The molecule has 0 radical (unpaired) electrons. The number of aliphatic hydroxyl groups excluding tert-OH is 1. The lowest BCUT2D eigenvalue weighted by atomic mass is 10.1. The van der Waals surface area contributed by atoms with E-state index in [9.17, 15) is 8.78 Å². The van der Waals surface area contributed by atoms with Gasteiger partial charge in [0.15, 0.2) is 0 Å². The smallest absolute Gasteiger partial charge is 0.255 e. The fraction of sp³-hybridized carbons (Fsp3) is 0.600. The maximum atomic E-state index is 12.6. The number of alkyl halides is 2. The van der Waals surface area contributed by atoms with Crippen molar-refractivity contribution in [3.63, 3.8) is 0 Å². The van der Waals surface area contributed by atoms with Crippen LogP contribution in [0, 0.1) is 6.92 Å². The number of halogens is 2. The van der Waals surface area contributed by atoms with Gasteiger partial charge in [0.05, 0.1) is 13.2 Å². The lowest BCUT2D eigenvalue weighted by molar-refractivity contribution is 0.153. The Balaban J connectivity index is 2.03. The van der Waals surface area contributed by atoms with Crippen molar-refractivity contribution < 1.29 is 13.9 Å². The molecule has 1 aromatic rings. The van der Waals surface area contributed by atoms with Gasteiger partial charge in [-0.1, -0.05) is 6.07 Å². The van der Waals surface area contributed by atoms with Crippen molar-refractivity contribution in [3.05, 3.63) is 29.3 Å². The topological polar surface area (TPSA) is 35.5 Å². The quantitative estimate of drug-likeness (QED) is 0.769. The Hall–Kier alpha value is -1.20. The largest absolute Gasteiger partial charge is 0.395 e. The maximum absolute atomic E-state index is 12.6. The first kappa shape index (κ1) is 15.2. The number of nitrogens with one attached hydrogen (secondary N) is 1. The molecule has 0 heterocycles. The van der Waals surface area contributed by atoms with E-state index in [4.69, 9.17) is 5.11 Å². The number of anilines is 1. The Labute approximate surface area is 118 Å². The predicted octanol–water partition coefficient (Wildman–Crippen LogP) is 2.31. The molecule has 1 aliphatic carbocycles. The summed E-state index contributed by atoms with van der Waals surface area (Å²) in [6.45, 7) is 2.57. The van der Waals surface area contributed by atoms with E-state index in [1.165, 1.54) is 23.3 Å². The molecule has 0 bridgehead atoms. The van der Waals surface area contributed by atoms with E-state index in [0.717, 1.165) is 17.8 Å². The fourth-order valence-corrected chi connectivity index (χ4v) is 2.23. The third-order valence-electron chi connectivity index (χ3n) is 3.58. The lowest BCUT2D eigenvalue weighted by Crippen LogP contribution is -2.31. The highest BCUT2D eigenvalue weighted by Gasteiger charge is 2.20. The SMILES string of the molecule is Cc1cc(N(CCO)CC(F)F)ccc1CNC1CC1. The first-order valence-corrected chi connectivity index (χ1v) is 7.07. The highest BCUT2D eigenvalue weighted by molar-refractivity contribution is 5.51. The highest BCUT2D eigenvalue weighted by atomic mass is 19.3. The van der Waals surface area contributed by atoms with E-state index in [1.807, 2.05) is 25.1 Å². The number of aryl methyl sites for hydroxylation is 1. The summed E-state index contributed by atoms with van der Waals surface area (Å²) in [5.74, 6) is 0. The average molecular weight is 284 g/mol. The standard InChI is InChI=1S/C15H22F2N2O/c1-11-8-14(19(6-7-20)10-15(16)17)5-2-12(11)9-18-13-3-4-13/h2,5,8,13,15,18,20H,3-4,6-7,9-10H2,1H3. The van der Waals surface area contributed by atoms with Gasteiger partial charge in [-0.15, -0.1) is 0 Å². The minimum Gasteiger partial charge on any atom is -0.395 e. The fourth-order valence-electron chi connectivity index (χ4n) is 2.23. The summed E-state index contributed by atoms with van der Waals surface area (Å²) in [6.07, 6.45) is 0.0871. The van der Waals surface area contributed by atoms with Crippen LogP contribution in [0.4, 0.5) is 14.5 Å². The van der Waals surface area contributed by atoms with Crippen LogP contribution in [0.25, 0.3) is 0 Å². The molecule has 1 fully saturated rings. The molecule has 112 valence electrons. The molecule has 0 amide bonds. The van der Waals surface area contributed by atoms with Gasteiger partial charge in [-0.3, -0.25) is 0 Å². The van der Waals surface area contributed by atoms with Crippen LogP contribution in [-0.4, -0.2) is 37.3 Å². The second-order valence-corrected chi connectivity index (χ2v) is 5.33. The number of nitrogens with zero attached hydrogens (tertiary/aromatic N) is 1. The summed E-state index contributed by atoms with van der Waals surface area (Å²) in [5.41, 5.74) is 3.03. The molecule has 0 unspecified atom stereocenters. The van der Waals surface area contributed by atoms with Gasteiger partial charge in [0.25, 0.3) is 6.43 Å². The molecule has 0 aliphatic heterocycles. The van der Waals surface area contributed by atoms with Gasteiger partial charge in [-0.25, -0.2) is 8.78 Å². The summed E-state index contributed by atoms with van der Waals surface area (Å²) in [6, 6.07) is 6.41. The Kier molecular flexibility index (Phi) is 5.31. The van der Waals surface area contributed by atoms with E-state index in [1.54, 1.807) is 0 Å². The normalized spacial score (nSPS) is 14.8. The lowest BCUT2D eigenvalue weighted by Gasteiger charge is -2.24. The van der Waals surface area contributed by atoms with Crippen LogP contribution in [0.1, 0.15) is 24.0 Å². The summed E-state index contributed by atoms with van der Waals surface area (Å²) in [7, 11) is 0. The maximum Gasteiger partial charge on any atom is 0.255 e. The van der Waals surface area contributed by atoms with Crippen LogP contribution >= 0.6 is 0 Å². The Bertz CT molecular complexity index is 436. The number of hydrogen-bond donors (Lipinski definition) is 2. The zero-order chi connectivity index (χ0) is 14.5. The zero-order valence-corrected chi connectivity index (χ0v) is 11.8. The van der Waals surface area contributed by atoms with Gasteiger partial charge in [0.1, 0.15) is 0 Å². The molecule has 1 aliphatic rings. The first-order valence-electron chi connectivity index (χ1n) is 7.07. The second-order valence-electron chi connectivity index (χ2n) is 5.33. The molecule has 3 nitrogen and oxygen atoms in total. The minimum absolute atomic E-state index is 0.128. The van der Waals surface area contributed by atoms with Crippen LogP contribution in [0.2, 0.25) is 0 Å². The molecule has 2 N–H and O–H groups in total. The zero-order valence-electron chi connectivity index (χ0n) is 11.8. The van der Waals surface area contributed by atoms with Gasteiger partial charge < -0.3 is 15.3 Å². The van der Waals surface area contributed by atoms with Gasteiger partial charge in [-0.2, -0.15) is 0 Å². The van der Waals surface area contributed by atoms with Gasteiger partial charge >= 0.3 is 0 Å². The van der Waals surface area contributed by atoms with Crippen molar-refractivity contribution >= 4 is 5.69 Å². The number of hydrogen-bond acceptors (Lipinski definition) is 3. The number of benzene rings is 1. The van der Waals surface area contributed by atoms with Crippen LogP contribution in [0.3, 0.4) is 0 Å². The Morgan fingerprint density at radius 1 is 1.40 bits per heavy atom. The van der Waals surface area contributed by atoms with Crippen molar-refractivity contribution in [1.29, 1.82) is 0 Å². The van der Waals surface area contributed by atoms with Crippen LogP contribution < -0.4 is 10.2 Å². The molecule has 0 saturated heterocycles. The van der Waals surface area contributed by atoms with Crippen LogP contribution in [-0.2, 0) is 6.54 Å². The van der Waals surface area contributed by atoms with Crippen LogP contribution in [0.15, 0.2) is 18.2 Å². The molecule has 1 aromatic carbocycles. The van der Waals surface area contributed by atoms with Crippen LogP contribution in [0.5, 0.6) is 0 Å². The molecule has 1 saturated carbocycles. The molecule has 5 heteroatoms. The van der Waals surface area contributed by atoms with E-state index in [0.29, 0.717) is 6.04 Å². The summed E-state index contributed by atoms with van der Waals surface area (Å²) < 4.78 is 25.1. The third kappa shape index (κ3) is 4.42. The first-order chi connectivity index (χ1) is 9.60. The summed E-state index contributed by atoms with van der Waals surface area (Å²) >= 11 is 0. The molecule has 20 heavy (non-hydrogen) atoms. The van der Waals surface area contributed by atoms with Crippen molar-refractivity contribution in [2.24, 2.45) is 0 Å². The Morgan fingerprint density at radius 3 is 2.70 bits per heavy atom. The van der Waals surface area contributed by atoms with Crippen molar-refractivity contribution in [2.75, 3.05) is 24.6 Å². The molecular weight excluding hydrogens is 262 g/mol. The predicted molar refractivity (Wildman–Crippen MR) is 76.3 cm³/mol. The highest BCUT2D eigenvalue weighted by Crippen LogP contribution is 2.22. The van der Waals surface area contributed by atoms with Crippen molar-refractivity contribution in [3.8, 4) is 0 Å². The number of rotatable bonds is 8. The third-order valence-corrected chi connectivity index (χ3v) is 3.58. The summed E-state index contributed by atoms with van der Waals surface area (Å²) in [5, 5.41) is 12.4. The minimum atomic E-state index is -2.40. The van der Waals surface area contributed by atoms with E-state index >= 15 is 0 Å². The monoisotopic (exact) mass is 284 g/mol.